The van der Waals surface area contributed by atoms with Crippen LogP contribution in [0.25, 0.3) is 33.2 Å². The summed E-state index contributed by atoms with van der Waals surface area (Å²) in [4.78, 5) is 101. The second kappa shape index (κ2) is 42.6. The number of nitrogens with zero attached hydrogens (tertiary/aromatic N) is 5. The van der Waals surface area contributed by atoms with Crippen LogP contribution in [0.2, 0.25) is 0 Å². The summed E-state index contributed by atoms with van der Waals surface area (Å²) in [7, 11) is 4.83. The van der Waals surface area contributed by atoms with Gasteiger partial charge in [0, 0.05) is 95.4 Å². The summed E-state index contributed by atoms with van der Waals surface area (Å²) in [5.74, 6) is 3.67. The molecule has 0 saturated carbocycles. The molecule has 1 radical (unpaired) electrons. The molecule has 3 aromatic heterocycles. The van der Waals surface area contributed by atoms with Crippen molar-refractivity contribution in [2.75, 3.05) is 140 Å². The number of carbonyl (C=O) groups excluding carboxylic acids is 5. The maximum Gasteiger partial charge on any atom is 2.00 e. The van der Waals surface area contributed by atoms with Gasteiger partial charge in [0.2, 0.25) is 5.75 Å². The number of rotatable bonds is 41. The van der Waals surface area contributed by atoms with E-state index in [-0.39, 0.29) is 126 Å². The third-order valence-electron chi connectivity index (χ3n) is 16.6. The Bertz CT molecular complexity index is 3640. The zero-order valence-electron chi connectivity index (χ0n) is 59.2. The summed E-state index contributed by atoms with van der Waals surface area (Å²) in [6.45, 7) is 19.2. The number of Topliss-reactive ketones (excluding diaryl/α,β-unsaturated/α-hetero) is 1. The number of aliphatic carboxylic acids is 1. The topological polar surface area (TPSA) is 309 Å². The summed E-state index contributed by atoms with van der Waals surface area (Å²) in [6, 6.07) is 7.48. The second-order valence-electron chi connectivity index (χ2n) is 23.5. The Morgan fingerprint density at radius 2 is 1.15 bits per heavy atom. The monoisotopic (exact) mass is 1430 g/mol. The van der Waals surface area contributed by atoms with Crippen LogP contribution in [0.1, 0.15) is 164 Å². The number of aryl methyl sites for hydroxylation is 3. The van der Waals surface area contributed by atoms with Gasteiger partial charge in [0.25, 0.3) is 17.8 Å². The van der Waals surface area contributed by atoms with Crippen molar-refractivity contribution >= 4 is 68.7 Å². The number of carboxylic acid groups (broad SMARTS) is 1. The van der Waals surface area contributed by atoms with E-state index in [4.69, 9.17) is 96.3 Å². The number of allylic oxidation sites excluding steroid dienone is 2. The number of esters is 1. The molecule has 1 aromatic carbocycles. The quantitative estimate of drug-likeness (QED) is 0.0143. The standard InChI is InChI=1S/C71H92N5O19.C2H4O2.Mn/c1-10-50-45(3)55-42-58-51(11-2)46(4)67(74-58)53(15-13-12-14-16-65(81)95-76-62(78)18-19-63(76)79)68-47(5)52(69(75-68)54-41-59(77)66-48(6)56(73-70(54)66)43-57(50)72-55)17-20-64(80)94-44-49-39-60(91-36-33-88-30-27-85-24-21-82-7)71(93-38-35-90-32-29-87-26-23-84-9)61(40-49)92-37-34-89-31-28-86-25-22-83-8;1-2(3)4;/h39-40,42-43,47,52H,10-12,14,16-38,41,44H2,1-9H3,(H-,72,73,74,75,77);1H3,(H,3,4);/q-1;;+2/p-1/t47-,52-;;/m0../s1. The maximum atomic E-state index is 14.4. The molecule has 8 bridgehead atoms. The number of carboxylic acids is 1. The second-order valence-corrected chi connectivity index (χ2v) is 23.5. The molecular weight excluding hydrogens is 1340 g/mol. The number of fused-ring (bicyclic) bond motifs is 8. The molecule has 100 heavy (non-hydrogen) atoms. The van der Waals surface area contributed by atoms with Crippen molar-refractivity contribution in [1.82, 2.24) is 25.0 Å². The van der Waals surface area contributed by atoms with Gasteiger partial charge in [0.1, 0.15) is 26.4 Å². The number of carbonyl (C=O) groups is 6. The van der Waals surface area contributed by atoms with Gasteiger partial charge in [-0.2, -0.15) is 0 Å². The first-order chi connectivity index (χ1) is 47.9. The molecule has 26 nitrogen and oxygen atoms in total. The van der Waals surface area contributed by atoms with Crippen LogP contribution in [0.15, 0.2) is 24.3 Å². The Balaban J connectivity index is 0.00000306. The van der Waals surface area contributed by atoms with Gasteiger partial charge >= 0.3 is 29.0 Å². The van der Waals surface area contributed by atoms with E-state index in [9.17, 15) is 24.0 Å². The summed E-state index contributed by atoms with van der Waals surface area (Å²) in [5.41, 5.74) is 12.5. The first kappa shape index (κ1) is 81.4. The summed E-state index contributed by atoms with van der Waals surface area (Å²) in [6.07, 6.45) is 2.09. The van der Waals surface area contributed by atoms with Gasteiger partial charge in [-0.25, -0.2) is 9.78 Å². The predicted molar refractivity (Wildman–Crippen MR) is 363 cm³/mol. The fraction of sp³-hybridized carbons (Fsp3) is 0.562. The molecular formula is C73H95MnN5O21. The minimum Gasteiger partial charge on any atom is -0.657 e. The van der Waals surface area contributed by atoms with Crippen LogP contribution in [0.3, 0.4) is 0 Å². The normalized spacial score (nSPS) is 14.6. The fourth-order valence-corrected chi connectivity index (χ4v) is 11.6. The largest absolute Gasteiger partial charge is 2.00 e. The minimum absolute atomic E-state index is 0. The van der Waals surface area contributed by atoms with E-state index in [1.54, 1.807) is 33.5 Å². The molecule has 2 atom stereocenters. The first-order valence-corrected chi connectivity index (χ1v) is 33.8. The number of methoxy groups -OCH3 is 3. The first-order valence-electron chi connectivity index (χ1n) is 33.8. The minimum atomic E-state index is -0.833. The van der Waals surface area contributed by atoms with Gasteiger partial charge in [-0.05, 0) is 80.9 Å². The number of hydrogen-bond donors (Lipinski definition) is 1. The van der Waals surface area contributed by atoms with E-state index in [1.807, 2.05) is 32.9 Å². The average Bonchev–Trinajstić information content (AvgIpc) is 1.57. The van der Waals surface area contributed by atoms with E-state index in [0.717, 1.165) is 51.7 Å². The Morgan fingerprint density at radius 1 is 0.630 bits per heavy atom. The Hall–Kier alpha value is -7.58. The molecule has 1 saturated heterocycles. The van der Waals surface area contributed by atoms with E-state index in [2.05, 4.69) is 32.6 Å². The number of amides is 2. The van der Waals surface area contributed by atoms with Crippen molar-refractivity contribution < 1.29 is 117 Å². The predicted octanol–water partition coefficient (Wildman–Crippen LogP) is 8.64. The Labute approximate surface area is 594 Å². The molecule has 0 unspecified atom stereocenters. The van der Waals surface area contributed by atoms with E-state index < -0.39 is 35.6 Å². The third kappa shape index (κ3) is 23.2. The average molecular weight is 1430 g/mol. The number of hydrogen-bond acceptors (Lipinski definition) is 22. The van der Waals surface area contributed by atoms with Gasteiger partial charge in [0.05, 0.1) is 116 Å². The SMILES string of the molecule is CC(=O)O.CCC1=C(C)c2cc3[n-]c(c(C)c3CC)c(C#CCCCC(=O)ON3C(=O)CCC3=O)c3nc(c4c5[n-]c(cc1n2)c(C)c5C(=O)C4)[C@@H](CCC(=O)OCc1cc(OCCOCCOCCOC)c(OCCOCCOCCOC)c(OCCOCCOCCOC)c1)[C@@H]3C.[Mn+2]. The van der Waals surface area contributed by atoms with Gasteiger partial charge in [0.15, 0.2) is 17.3 Å². The van der Waals surface area contributed by atoms with Crippen molar-refractivity contribution in [2.45, 2.75) is 131 Å². The molecule has 4 aliphatic rings. The zero-order chi connectivity index (χ0) is 71.2. The molecule has 0 spiro atoms. The molecule has 3 aliphatic heterocycles. The van der Waals surface area contributed by atoms with Gasteiger partial charge in [-0.3, -0.25) is 29.0 Å². The van der Waals surface area contributed by atoms with Crippen LogP contribution < -0.4 is 24.2 Å². The van der Waals surface area contributed by atoms with Gasteiger partial charge in [-0.1, -0.05) is 61.4 Å². The van der Waals surface area contributed by atoms with Gasteiger partial charge in [-0.15, -0.1) is 27.1 Å². The molecule has 2 amide bonds. The fourth-order valence-electron chi connectivity index (χ4n) is 11.6. The number of ketones is 1. The molecule has 8 rings (SSSR count). The molecule has 27 heteroatoms. The van der Waals surface area contributed by atoms with Crippen LogP contribution in [0, 0.1) is 25.7 Å². The van der Waals surface area contributed by atoms with Crippen molar-refractivity contribution in [2.24, 2.45) is 0 Å². The number of benzene rings is 1. The van der Waals surface area contributed by atoms with Crippen LogP contribution in [0.4, 0.5) is 0 Å². The number of ether oxygens (including phenoxy) is 13. The molecule has 545 valence electrons. The van der Waals surface area contributed by atoms with Crippen LogP contribution >= 0.6 is 0 Å². The molecule has 4 aromatic rings. The number of hydroxylamine groups is 2. The van der Waals surface area contributed by atoms with E-state index >= 15 is 0 Å². The van der Waals surface area contributed by atoms with Crippen LogP contribution in [-0.2, 0) is 113 Å². The molecule has 6 heterocycles. The number of aromatic nitrogens is 4. The summed E-state index contributed by atoms with van der Waals surface area (Å²) < 4.78 is 74.5. The van der Waals surface area contributed by atoms with Crippen LogP contribution in [0.5, 0.6) is 17.2 Å². The van der Waals surface area contributed by atoms with Gasteiger partial charge < -0.3 is 81.5 Å². The number of imide groups is 1. The third-order valence-corrected chi connectivity index (χ3v) is 16.6. The van der Waals surface area contributed by atoms with Crippen molar-refractivity contribution in [3.05, 3.63) is 86.0 Å². The van der Waals surface area contributed by atoms with E-state index in [1.165, 1.54) is 0 Å². The van der Waals surface area contributed by atoms with Crippen molar-refractivity contribution in [3.8, 4) is 29.1 Å². The smallest absolute Gasteiger partial charge is 0.657 e. The maximum absolute atomic E-state index is 14.4. The number of unbranched alkanes of at least 4 members (excludes halogenated alkanes) is 1. The molecule has 1 fully saturated rings. The zero-order valence-corrected chi connectivity index (χ0v) is 60.4. The Kier molecular flexibility index (Phi) is 34.7. The molecule has 1 aliphatic carbocycles. The molecule has 1 N–H and O–H groups in total. The van der Waals surface area contributed by atoms with Crippen molar-refractivity contribution in [3.63, 3.8) is 0 Å². The van der Waals surface area contributed by atoms with Crippen molar-refractivity contribution in [1.29, 1.82) is 0 Å². The van der Waals surface area contributed by atoms with E-state index in [0.29, 0.717) is 165 Å². The summed E-state index contributed by atoms with van der Waals surface area (Å²) in [5, 5.41) is 7.96. The van der Waals surface area contributed by atoms with Crippen LogP contribution in [-0.4, -0.2) is 196 Å². The Morgan fingerprint density at radius 3 is 1.69 bits per heavy atom. The summed E-state index contributed by atoms with van der Waals surface area (Å²) >= 11 is 0.